The number of rotatable bonds is 8. The van der Waals surface area contributed by atoms with Gasteiger partial charge in [-0.05, 0) is 80.3 Å². The van der Waals surface area contributed by atoms with Crippen molar-refractivity contribution in [3.63, 3.8) is 0 Å². The van der Waals surface area contributed by atoms with Crippen molar-refractivity contribution in [2.24, 2.45) is 0 Å². The van der Waals surface area contributed by atoms with E-state index < -0.39 is 15.8 Å². The van der Waals surface area contributed by atoms with Crippen LogP contribution in [-0.2, 0) is 19.4 Å². The highest BCUT2D eigenvalue weighted by molar-refractivity contribution is 7.91. The molecule has 2 aromatic carbocycles. The van der Waals surface area contributed by atoms with E-state index in [0.717, 1.165) is 16.9 Å². The van der Waals surface area contributed by atoms with Gasteiger partial charge in [-0.1, -0.05) is 0 Å². The van der Waals surface area contributed by atoms with Crippen molar-refractivity contribution < 1.29 is 32.5 Å². The van der Waals surface area contributed by atoms with Gasteiger partial charge in [0.2, 0.25) is 0 Å². The van der Waals surface area contributed by atoms with Gasteiger partial charge in [0.25, 0.3) is 0 Å². The zero-order chi connectivity index (χ0) is 22.6. The van der Waals surface area contributed by atoms with E-state index in [2.05, 4.69) is 0 Å². The third-order valence-corrected chi connectivity index (χ3v) is 6.69. The molecule has 2 aromatic rings. The van der Waals surface area contributed by atoms with E-state index >= 15 is 0 Å². The van der Waals surface area contributed by atoms with Crippen LogP contribution in [0.4, 0.5) is 0 Å². The molecule has 8 heteroatoms. The molecule has 1 aliphatic heterocycles. The van der Waals surface area contributed by atoms with Crippen LogP contribution in [0.5, 0.6) is 17.2 Å². The Morgan fingerprint density at radius 1 is 1.06 bits per heavy atom. The lowest BCUT2D eigenvalue weighted by Gasteiger charge is -2.15. The number of carboxylic acid groups (broad SMARTS) is 1. The highest BCUT2D eigenvalue weighted by atomic mass is 32.2. The molecule has 0 atom stereocenters. The van der Waals surface area contributed by atoms with Gasteiger partial charge in [-0.2, -0.15) is 0 Å². The van der Waals surface area contributed by atoms with Crippen LogP contribution in [0.15, 0.2) is 40.8 Å². The van der Waals surface area contributed by atoms with Gasteiger partial charge in [0, 0.05) is 12.2 Å². The molecular formula is C23H26O7S. The summed E-state index contributed by atoms with van der Waals surface area (Å²) in [4.78, 5) is 11.5. The first-order chi connectivity index (χ1) is 14.7. The molecule has 1 aliphatic rings. The average molecular weight is 447 g/mol. The van der Waals surface area contributed by atoms with Crippen molar-refractivity contribution in [1.82, 2.24) is 0 Å². The van der Waals surface area contributed by atoms with Gasteiger partial charge in [-0.15, -0.1) is 0 Å². The maximum atomic E-state index is 12.5. The van der Waals surface area contributed by atoms with E-state index in [-0.39, 0.29) is 22.6 Å². The Bertz CT molecular complexity index is 1090. The molecule has 1 heterocycles. The van der Waals surface area contributed by atoms with Crippen molar-refractivity contribution >= 4 is 21.9 Å². The maximum absolute atomic E-state index is 12.5. The number of fused-ring (bicyclic) bond motifs is 1. The van der Waals surface area contributed by atoms with Crippen molar-refractivity contribution in [3.05, 3.63) is 52.6 Å². The van der Waals surface area contributed by atoms with E-state index in [9.17, 15) is 18.3 Å². The topological polar surface area (TPSA) is 99.1 Å². The van der Waals surface area contributed by atoms with Crippen LogP contribution < -0.4 is 9.47 Å². The monoisotopic (exact) mass is 446 g/mol. The van der Waals surface area contributed by atoms with Crippen LogP contribution in [-0.4, -0.2) is 45.1 Å². The number of aryl methyl sites for hydroxylation is 2. The number of carboxylic acids is 1. The summed E-state index contributed by atoms with van der Waals surface area (Å²) in [6, 6.07) is 8.27. The lowest BCUT2D eigenvalue weighted by molar-refractivity contribution is -0.132. The highest BCUT2D eigenvalue weighted by Gasteiger charge is 2.25. The molecular weight excluding hydrogens is 420 g/mol. The molecule has 1 N–H and O–H groups in total. The molecule has 3 rings (SSSR count). The molecule has 0 saturated heterocycles. The number of aliphatic carboxylic acids is 1. The summed E-state index contributed by atoms with van der Waals surface area (Å²) in [7, 11) is -3.56. The van der Waals surface area contributed by atoms with Gasteiger partial charge in [0.05, 0.1) is 17.3 Å². The lowest BCUT2D eigenvalue weighted by atomic mass is 10.1. The third kappa shape index (κ3) is 5.45. The van der Waals surface area contributed by atoms with Gasteiger partial charge >= 0.3 is 5.97 Å². The number of ether oxygens (including phenoxy) is 3. The van der Waals surface area contributed by atoms with Crippen LogP contribution in [0.1, 0.15) is 30.0 Å². The van der Waals surface area contributed by atoms with E-state index in [4.69, 9.17) is 14.2 Å². The minimum absolute atomic E-state index is 0.0360. The standard InChI is InChI=1S/C23H26O7S/c1-4-28-8-9-29-22-15(2)11-20(12-16(22)3)30-19-5-6-21-18(14-19)13-17(23(24)25)7-10-31(21,26)27/h5-6,11-14H,4,7-10H2,1-3H3,(H,24,25). The van der Waals surface area contributed by atoms with E-state index in [1.807, 2.05) is 32.9 Å². The van der Waals surface area contributed by atoms with E-state index in [0.29, 0.717) is 36.9 Å². The van der Waals surface area contributed by atoms with Crippen LogP contribution >= 0.6 is 0 Å². The minimum Gasteiger partial charge on any atom is -0.491 e. The molecule has 0 spiro atoms. The maximum Gasteiger partial charge on any atom is 0.331 e. The zero-order valence-electron chi connectivity index (χ0n) is 17.8. The minimum atomic E-state index is -3.56. The second-order valence-electron chi connectivity index (χ2n) is 7.28. The van der Waals surface area contributed by atoms with E-state index in [1.54, 1.807) is 12.1 Å². The third-order valence-electron chi connectivity index (χ3n) is 4.91. The van der Waals surface area contributed by atoms with Crippen molar-refractivity contribution in [1.29, 1.82) is 0 Å². The average Bonchev–Trinajstić information content (AvgIpc) is 2.82. The SMILES string of the molecule is CCOCCOc1c(C)cc(Oc2ccc3c(c2)C=C(C(=O)O)CCS3(=O)=O)cc1C. The fourth-order valence-electron chi connectivity index (χ4n) is 3.45. The Morgan fingerprint density at radius 2 is 1.77 bits per heavy atom. The fourth-order valence-corrected chi connectivity index (χ4v) is 4.91. The first kappa shape index (κ1) is 22.8. The van der Waals surface area contributed by atoms with Gasteiger partial charge in [-0.25, -0.2) is 13.2 Å². The van der Waals surface area contributed by atoms with Gasteiger partial charge < -0.3 is 19.3 Å². The summed E-state index contributed by atoms with van der Waals surface area (Å²) >= 11 is 0. The van der Waals surface area contributed by atoms with Crippen LogP contribution in [0, 0.1) is 13.8 Å². The highest BCUT2D eigenvalue weighted by Crippen LogP contribution is 2.34. The van der Waals surface area contributed by atoms with Crippen molar-refractivity contribution in [2.75, 3.05) is 25.6 Å². The molecule has 0 saturated carbocycles. The molecule has 0 radical (unpaired) electrons. The smallest absolute Gasteiger partial charge is 0.331 e. The normalized spacial score (nSPS) is 14.9. The lowest BCUT2D eigenvalue weighted by Crippen LogP contribution is -2.08. The summed E-state index contributed by atoms with van der Waals surface area (Å²) in [5.74, 6) is 0.405. The number of sulfone groups is 1. The molecule has 0 aromatic heterocycles. The zero-order valence-corrected chi connectivity index (χ0v) is 18.6. The summed E-state index contributed by atoms with van der Waals surface area (Å²) in [6.07, 6.45) is 1.37. The second-order valence-corrected chi connectivity index (χ2v) is 9.35. The van der Waals surface area contributed by atoms with Crippen LogP contribution in [0.2, 0.25) is 0 Å². The summed E-state index contributed by atoms with van der Waals surface area (Å²) < 4.78 is 42.1. The van der Waals surface area contributed by atoms with Crippen LogP contribution in [0.25, 0.3) is 6.08 Å². The molecule has 166 valence electrons. The first-order valence-corrected chi connectivity index (χ1v) is 11.7. The fraction of sp³-hybridized carbons (Fsp3) is 0.348. The summed E-state index contributed by atoms with van der Waals surface area (Å²) in [6.45, 7) is 7.37. The predicted molar refractivity (Wildman–Crippen MR) is 117 cm³/mol. The second kappa shape index (κ2) is 9.53. The van der Waals surface area contributed by atoms with E-state index in [1.165, 1.54) is 12.1 Å². The molecule has 7 nitrogen and oxygen atoms in total. The predicted octanol–water partition coefficient (Wildman–Crippen LogP) is 4.16. The quantitative estimate of drug-likeness (QED) is 0.608. The van der Waals surface area contributed by atoms with Crippen molar-refractivity contribution in [3.8, 4) is 17.2 Å². The van der Waals surface area contributed by atoms with Gasteiger partial charge in [0.1, 0.15) is 23.9 Å². The van der Waals surface area contributed by atoms with Crippen LogP contribution in [0.3, 0.4) is 0 Å². The van der Waals surface area contributed by atoms with Gasteiger partial charge in [-0.3, -0.25) is 0 Å². The number of hydrogen-bond acceptors (Lipinski definition) is 6. The number of hydrogen-bond donors (Lipinski definition) is 1. The Morgan fingerprint density at radius 3 is 2.42 bits per heavy atom. The Balaban J connectivity index is 1.87. The van der Waals surface area contributed by atoms with Gasteiger partial charge in [0.15, 0.2) is 9.84 Å². The molecule has 0 bridgehead atoms. The number of benzene rings is 2. The Labute approximate surface area is 182 Å². The summed E-state index contributed by atoms with van der Waals surface area (Å²) in [5, 5.41) is 9.33. The molecule has 0 amide bonds. The van der Waals surface area contributed by atoms with Crippen molar-refractivity contribution in [2.45, 2.75) is 32.1 Å². The molecule has 0 unspecified atom stereocenters. The summed E-state index contributed by atoms with van der Waals surface area (Å²) in [5.41, 5.74) is 2.17. The molecule has 0 fully saturated rings. The first-order valence-electron chi connectivity index (χ1n) is 10.0. The molecule has 0 aliphatic carbocycles. The largest absolute Gasteiger partial charge is 0.491 e. The number of carbonyl (C=O) groups is 1. The Kier molecular flexibility index (Phi) is 7.02. The molecule has 31 heavy (non-hydrogen) atoms. The Hall–Kier alpha value is -2.84.